The minimum absolute atomic E-state index is 0.0446. The Balaban J connectivity index is 2.79. The summed E-state index contributed by atoms with van der Waals surface area (Å²) >= 11 is 0. The van der Waals surface area contributed by atoms with Gasteiger partial charge in [0.1, 0.15) is 5.69 Å². The Morgan fingerprint density at radius 1 is 1.47 bits per heavy atom. The topological polar surface area (TPSA) is 102 Å². The number of carbonyl (C=O) groups is 1. The molecule has 0 fully saturated rings. The Hall–Kier alpha value is -2.12. The number of nitrogens with one attached hydrogen (secondary N) is 2. The first-order valence-corrected chi connectivity index (χ1v) is 5.84. The number of aromatic nitrogens is 2. The average Bonchev–Trinajstić information content (AvgIpc) is 2.47. The minimum atomic E-state index is -0.508. The molecule has 0 aromatic carbocycles. The van der Waals surface area contributed by atoms with Crippen molar-refractivity contribution in [2.24, 2.45) is 7.05 Å². The number of anilines is 1. The van der Waals surface area contributed by atoms with Crippen LogP contribution in [0, 0.1) is 17.0 Å². The molecule has 8 heteroatoms. The first-order valence-electron chi connectivity index (χ1n) is 5.84. The van der Waals surface area contributed by atoms with Crippen LogP contribution in [0.5, 0.6) is 0 Å². The zero-order valence-electron chi connectivity index (χ0n) is 11.8. The number of hydrogen-bond acceptors (Lipinski definition) is 5. The molecule has 0 bridgehead atoms. The molecule has 0 aliphatic rings. The van der Waals surface area contributed by atoms with E-state index in [9.17, 15) is 14.9 Å². The molecular formula is C11H19N5O3. The predicted octanol–water partition coefficient (Wildman–Crippen LogP) is 0.963. The van der Waals surface area contributed by atoms with E-state index in [0.29, 0.717) is 5.69 Å². The number of amides is 1. The van der Waals surface area contributed by atoms with E-state index in [4.69, 9.17) is 0 Å². The summed E-state index contributed by atoms with van der Waals surface area (Å²) in [6.45, 7) is 7.10. The van der Waals surface area contributed by atoms with E-state index in [2.05, 4.69) is 15.7 Å². The fourth-order valence-corrected chi connectivity index (χ4v) is 1.69. The summed E-state index contributed by atoms with van der Waals surface area (Å²) < 4.78 is 1.36. The van der Waals surface area contributed by atoms with Crippen LogP contribution in [0.25, 0.3) is 0 Å². The second-order valence-electron chi connectivity index (χ2n) is 5.32. The predicted molar refractivity (Wildman–Crippen MR) is 71.0 cm³/mol. The van der Waals surface area contributed by atoms with Crippen LogP contribution in [-0.2, 0) is 11.8 Å². The van der Waals surface area contributed by atoms with Crippen molar-refractivity contribution in [1.29, 1.82) is 0 Å². The van der Waals surface area contributed by atoms with Crippen molar-refractivity contribution in [3.05, 3.63) is 15.8 Å². The molecule has 8 nitrogen and oxygen atoms in total. The maximum Gasteiger partial charge on any atom is 0.333 e. The van der Waals surface area contributed by atoms with E-state index in [-0.39, 0.29) is 29.5 Å². The number of carbonyl (C=O) groups excluding carboxylic acids is 1. The Labute approximate surface area is 111 Å². The summed E-state index contributed by atoms with van der Waals surface area (Å²) in [6, 6.07) is 0. The zero-order valence-corrected chi connectivity index (χ0v) is 11.8. The maximum atomic E-state index is 11.7. The van der Waals surface area contributed by atoms with Crippen molar-refractivity contribution in [3.63, 3.8) is 0 Å². The van der Waals surface area contributed by atoms with Crippen molar-refractivity contribution in [2.45, 2.75) is 33.2 Å². The van der Waals surface area contributed by atoms with Gasteiger partial charge in [-0.15, -0.1) is 0 Å². The summed E-state index contributed by atoms with van der Waals surface area (Å²) in [4.78, 5) is 22.1. The highest BCUT2D eigenvalue weighted by Crippen LogP contribution is 2.26. The first kappa shape index (κ1) is 14.9. The van der Waals surface area contributed by atoms with Gasteiger partial charge in [-0.1, -0.05) is 0 Å². The largest absolute Gasteiger partial charge is 0.355 e. The van der Waals surface area contributed by atoms with Crippen LogP contribution in [0.1, 0.15) is 26.5 Å². The summed E-state index contributed by atoms with van der Waals surface area (Å²) in [5.74, 6) is -0.00721. The molecule has 2 N–H and O–H groups in total. The van der Waals surface area contributed by atoms with Gasteiger partial charge in [0.2, 0.25) is 11.7 Å². The van der Waals surface area contributed by atoms with Crippen LogP contribution in [0.4, 0.5) is 11.5 Å². The van der Waals surface area contributed by atoms with Gasteiger partial charge in [-0.05, 0) is 27.7 Å². The highest BCUT2D eigenvalue weighted by atomic mass is 16.6. The number of nitro groups is 1. The Morgan fingerprint density at radius 2 is 2.05 bits per heavy atom. The summed E-state index contributed by atoms with van der Waals surface area (Å²) in [5.41, 5.74) is -0.134. The van der Waals surface area contributed by atoms with Crippen LogP contribution in [0.3, 0.4) is 0 Å². The molecule has 1 aromatic rings. The van der Waals surface area contributed by atoms with Gasteiger partial charge in [-0.25, -0.2) is 4.68 Å². The van der Waals surface area contributed by atoms with E-state index < -0.39 is 4.92 Å². The molecule has 0 saturated carbocycles. The normalized spacial score (nSPS) is 11.2. The van der Waals surface area contributed by atoms with Crippen LogP contribution >= 0.6 is 0 Å². The lowest BCUT2D eigenvalue weighted by Crippen LogP contribution is -2.43. The molecule has 0 radical (unpaired) electrons. The maximum absolute atomic E-state index is 11.7. The second kappa shape index (κ2) is 5.25. The molecule has 1 aromatic heterocycles. The molecule has 1 rings (SSSR count). The number of rotatable bonds is 4. The molecule has 0 spiro atoms. The SMILES string of the molecule is Cc1nn(C)c(NCC(=O)NC(C)(C)C)c1[N+](=O)[O-]. The smallest absolute Gasteiger partial charge is 0.333 e. The van der Waals surface area contributed by atoms with E-state index in [1.165, 1.54) is 4.68 Å². The molecule has 1 heterocycles. The summed E-state index contributed by atoms with van der Waals surface area (Å²) in [6.07, 6.45) is 0. The molecule has 0 atom stereocenters. The van der Waals surface area contributed by atoms with Crippen LogP contribution in [0.15, 0.2) is 0 Å². The lowest BCUT2D eigenvalue weighted by molar-refractivity contribution is -0.384. The van der Waals surface area contributed by atoms with Gasteiger partial charge in [-0.3, -0.25) is 14.9 Å². The fourth-order valence-electron chi connectivity index (χ4n) is 1.69. The fraction of sp³-hybridized carbons (Fsp3) is 0.636. The van der Waals surface area contributed by atoms with Crippen molar-refractivity contribution >= 4 is 17.4 Å². The molecule has 0 aliphatic heterocycles. The standard InChI is InChI=1S/C11H19N5O3/c1-7-9(16(18)19)10(15(5)14-7)12-6-8(17)13-11(2,3)4/h12H,6H2,1-5H3,(H,13,17). The van der Waals surface area contributed by atoms with Crippen LogP contribution < -0.4 is 10.6 Å². The lowest BCUT2D eigenvalue weighted by atomic mass is 10.1. The third kappa shape index (κ3) is 3.94. The molecule has 1 amide bonds. The second-order valence-corrected chi connectivity index (χ2v) is 5.32. The minimum Gasteiger partial charge on any atom is -0.355 e. The van der Waals surface area contributed by atoms with Gasteiger partial charge in [0.15, 0.2) is 0 Å². The Kier molecular flexibility index (Phi) is 4.13. The Bertz CT molecular complexity index is 501. The van der Waals surface area contributed by atoms with Gasteiger partial charge in [0, 0.05) is 12.6 Å². The third-order valence-corrected chi connectivity index (χ3v) is 2.30. The molecule has 19 heavy (non-hydrogen) atoms. The Morgan fingerprint density at radius 3 is 2.53 bits per heavy atom. The molecule has 106 valence electrons. The van der Waals surface area contributed by atoms with Gasteiger partial charge in [0.05, 0.1) is 11.5 Å². The van der Waals surface area contributed by atoms with E-state index in [0.717, 1.165) is 0 Å². The zero-order chi connectivity index (χ0) is 14.8. The number of nitrogens with zero attached hydrogens (tertiary/aromatic N) is 3. The molecule has 0 aliphatic carbocycles. The van der Waals surface area contributed by atoms with Gasteiger partial charge < -0.3 is 10.6 Å². The molecular weight excluding hydrogens is 250 g/mol. The summed E-state index contributed by atoms with van der Waals surface area (Å²) in [7, 11) is 1.59. The van der Waals surface area contributed by atoms with Crippen molar-refractivity contribution in [3.8, 4) is 0 Å². The van der Waals surface area contributed by atoms with Gasteiger partial charge in [-0.2, -0.15) is 5.10 Å². The average molecular weight is 269 g/mol. The first-order chi connectivity index (χ1) is 8.61. The number of aryl methyl sites for hydroxylation is 2. The quantitative estimate of drug-likeness (QED) is 0.626. The molecule has 0 unspecified atom stereocenters. The van der Waals surface area contributed by atoms with Gasteiger partial charge >= 0.3 is 5.69 Å². The van der Waals surface area contributed by atoms with Gasteiger partial charge in [0.25, 0.3) is 0 Å². The van der Waals surface area contributed by atoms with E-state index >= 15 is 0 Å². The van der Waals surface area contributed by atoms with Crippen molar-refractivity contribution < 1.29 is 9.72 Å². The monoisotopic (exact) mass is 269 g/mol. The molecule has 0 saturated heterocycles. The highest BCUT2D eigenvalue weighted by Gasteiger charge is 2.24. The van der Waals surface area contributed by atoms with E-state index in [1.54, 1.807) is 14.0 Å². The summed E-state index contributed by atoms with van der Waals surface area (Å²) in [5, 5.41) is 20.4. The van der Waals surface area contributed by atoms with Crippen molar-refractivity contribution in [2.75, 3.05) is 11.9 Å². The van der Waals surface area contributed by atoms with Crippen molar-refractivity contribution in [1.82, 2.24) is 15.1 Å². The third-order valence-electron chi connectivity index (χ3n) is 2.30. The van der Waals surface area contributed by atoms with Crippen LogP contribution in [-0.4, -0.2) is 32.7 Å². The van der Waals surface area contributed by atoms with E-state index in [1.807, 2.05) is 20.8 Å². The number of hydrogen-bond donors (Lipinski definition) is 2. The van der Waals surface area contributed by atoms with Crippen LogP contribution in [0.2, 0.25) is 0 Å². The highest BCUT2D eigenvalue weighted by molar-refractivity contribution is 5.81. The lowest BCUT2D eigenvalue weighted by Gasteiger charge is -2.20.